The van der Waals surface area contributed by atoms with E-state index in [9.17, 15) is 4.79 Å². The summed E-state index contributed by atoms with van der Waals surface area (Å²) < 4.78 is 0. The van der Waals surface area contributed by atoms with Crippen molar-refractivity contribution in [1.82, 2.24) is 0 Å². The Morgan fingerprint density at radius 2 is 2.00 bits per heavy atom. The Bertz CT molecular complexity index is 125. The third-order valence-corrected chi connectivity index (χ3v) is 1.31. The maximum atomic E-state index is 10.6. The van der Waals surface area contributed by atoms with E-state index >= 15 is 0 Å². The summed E-state index contributed by atoms with van der Waals surface area (Å²) in [6.07, 6.45) is 6.91. The zero-order chi connectivity index (χ0) is 7.82. The third-order valence-electron chi connectivity index (χ3n) is 1.31. The van der Waals surface area contributed by atoms with Crippen LogP contribution < -0.4 is 0 Å². The van der Waals surface area contributed by atoms with Gasteiger partial charge in [0.1, 0.15) is 0 Å². The Morgan fingerprint density at radius 1 is 1.30 bits per heavy atom. The fourth-order valence-electron chi connectivity index (χ4n) is 0.690. The minimum atomic E-state index is 0.143. The van der Waals surface area contributed by atoms with Crippen molar-refractivity contribution in [1.29, 1.82) is 0 Å². The third kappa shape index (κ3) is 5.29. The zero-order valence-corrected chi connectivity index (χ0v) is 6.31. The highest BCUT2D eigenvalue weighted by Gasteiger charge is 1.92. The van der Waals surface area contributed by atoms with Crippen molar-refractivity contribution in [3.8, 4) is 0 Å². The molecule has 1 nitrogen and oxygen atoms in total. The van der Waals surface area contributed by atoms with Gasteiger partial charge in [-0.05, 0) is 25.3 Å². The number of rotatable bonds is 6. The maximum Gasteiger partial charge on any atom is 0.155 e. The summed E-state index contributed by atoms with van der Waals surface area (Å²) >= 11 is 0. The minimum Gasteiger partial charge on any atom is -0.295 e. The molecule has 0 aliphatic rings. The van der Waals surface area contributed by atoms with E-state index in [2.05, 4.69) is 13.2 Å². The van der Waals surface area contributed by atoms with Gasteiger partial charge in [-0.1, -0.05) is 12.7 Å². The van der Waals surface area contributed by atoms with Gasteiger partial charge < -0.3 is 0 Å². The molecule has 56 valence electrons. The molecule has 0 N–H and O–H groups in total. The molecule has 0 fully saturated rings. The van der Waals surface area contributed by atoms with Gasteiger partial charge >= 0.3 is 0 Å². The molecule has 0 heterocycles. The van der Waals surface area contributed by atoms with Crippen molar-refractivity contribution in [2.45, 2.75) is 25.7 Å². The monoisotopic (exact) mass is 138 g/mol. The Labute approximate surface area is 62.4 Å². The molecule has 0 aliphatic carbocycles. The lowest BCUT2D eigenvalue weighted by Gasteiger charge is -1.92. The number of hydrogen-bond acceptors (Lipinski definition) is 1. The molecule has 10 heavy (non-hydrogen) atoms. The second-order valence-electron chi connectivity index (χ2n) is 2.20. The molecule has 0 saturated carbocycles. The van der Waals surface area contributed by atoms with Gasteiger partial charge in [0.2, 0.25) is 0 Å². The van der Waals surface area contributed by atoms with E-state index in [0.29, 0.717) is 6.42 Å². The predicted molar refractivity (Wildman–Crippen MR) is 43.9 cm³/mol. The lowest BCUT2D eigenvalue weighted by Crippen LogP contribution is -1.90. The van der Waals surface area contributed by atoms with Gasteiger partial charge in [-0.25, -0.2) is 0 Å². The minimum absolute atomic E-state index is 0.143. The van der Waals surface area contributed by atoms with E-state index in [-0.39, 0.29) is 5.78 Å². The van der Waals surface area contributed by atoms with Crippen LogP contribution in [0.1, 0.15) is 25.7 Å². The van der Waals surface area contributed by atoms with Crippen LogP contribution in [0.5, 0.6) is 0 Å². The fraction of sp³-hybridized carbons (Fsp3) is 0.444. The van der Waals surface area contributed by atoms with Gasteiger partial charge in [-0.3, -0.25) is 4.79 Å². The van der Waals surface area contributed by atoms with Crippen LogP contribution in [0.4, 0.5) is 0 Å². The number of allylic oxidation sites excluding steroid dienone is 2. The van der Waals surface area contributed by atoms with Crippen LogP contribution in [0.3, 0.4) is 0 Å². The summed E-state index contributed by atoms with van der Waals surface area (Å²) in [6, 6.07) is 0. The van der Waals surface area contributed by atoms with E-state index in [1.165, 1.54) is 6.08 Å². The first kappa shape index (κ1) is 9.15. The normalized spacial score (nSPS) is 8.80. The summed E-state index contributed by atoms with van der Waals surface area (Å²) in [6.45, 7) is 6.98. The topological polar surface area (TPSA) is 17.1 Å². The highest BCUT2D eigenvalue weighted by Crippen LogP contribution is 2.00. The van der Waals surface area contributed by atoms with Crippen LogP contribution in [-0.4, -0.2) is 5.78 Å². The number of hydrogen-bond donors (Lipinski definition) is 0. The highest BCUT2D eigenvalue weighted by atomic mass is 16.1. The summed E-state index contributed by atoms with van der Waals surface area (Å²) in [7, 11) is 0. The van der Waals surface area contributed by atoms with E-state index in [1.54, 1.807) is 0 Å². The van der Waals surface area contributed by atoms with Crippen LogP contribution in [-0.2, 0) is 4.79 Å². The first-order valence-electron chi connectivity index (χ1n) is 3.57. The maximum absolute atomic E-state index is 10.6. The lowest BCUT2D eigenvalue weighted by molar-refractivity contribution is -0.114. The average Bonchev–Trinajstić information content (AvgIpc) is 1.98. The Morgan fingerprint density at radius 3 is 2.50 bits per heavy atom. The van der Waals surface area contributed by atoms with Gasteiger partial charge in [0.05, 0.1) is 0 Å². The molecule has 0 rings (SSSR count). The van der Waals surface area contributed by atoms with Crippen LogP contribution in [0, 0.1) is 0 Å². The summed E-state index contributed by atoms with van der Waals surface area (Å²) in [5, 5.41) is 0. The molecule has 0 radical (unpaired) electrons. The predicted octanol–water partition coefficient (Wildman–Crippen LogP) is 2.49. The highest BCUT2D eigenvalue weighted by molar-refractivity contribution is 5.88. The average molecular weight is 138 g/mol. The zero-order valence-electron chi connectivity index (χ0n) is 6.31. The standard InChI is InChI=1S/C9H14O/c1-3-5-6-7-8-9(10)4-2/h3-4H,1-2,5-8H2. The van der Waals surface area contributed by atoms with Gasteiger partial charge in [0.25, 0.3) is 0 Å². The largest absolute Gasteiger partial charge is 0.295 e. The van der Waals surface area contributed by atoms with Gasteiger partial charge in [0.15, 0.2) is 5.78 Å². The van der Waals surface area contributed by atoms with Crippen molar-refractivity contribution in [2.24, 2.45) is 0 Å². The SMILES string of the molecule is C=CCCCCC(=O)C=C. The molecule has 0 unspecified atom stereocenters. The number of unbranched alkanes of at least 4 members (excludes halogenated alkanes) is 2. The molecule has 1 heteroatoms. The van der Waals surface area contributed by atoms with Crippen LogP contribution in [0.15, 0.2) is 25.3 Å². The summed E-state index contributed by atoms with van der Waals surface area (Å²) in [4.78, 5) is 10.6. The van der Waals surface area contributed by atoms with Crippen LogP contribution >= 0.6 is 0 Å². The van der Waals surface area contributed by atoms with Crippen molar-refractivity contribution in [3.63, 3.8) is 0 Å². The second kappa shape index (κ2) is 6.27. The summed E-state index contributed by atoms with van der Waals surface area (Å²) in [5.74, 6) is 0.143. The Hall–Kier alpha value is -0.850. The summed E-state index contributed by atoms with van der Waals surface area (Å²) in [5.41, 5.74) is 0. The molecule has 0 aromatic carbocycles. The van der Waals surface area contributed by atoms with Crippen molar-refractivity contribution in [2.75, 3.05) is 0 Å². The van der Waals surface area contributed by atoms with E-state index in [1.807, 2.05) is 6.08 Å². The molecule has 0 spiro atoms. The molecule has 0 aromatic rings. The molecular formula is C9H14O. The molecular weight excluding hydrogens is 124 g/mol. The molecule has 0 aliphatic heterocycles. The van der Waals surface area contributed by atoms with Crippen LogP contribution in [0.25, 0.3) is 0 Å². The van der Waals surface area contributed by atoms with Gasteiger partial charge in [0, 0.05) is 6.42 Å². The quantitative estimate of drug-likeness (QED) is 0.313. The smallest absolute Gasteiger partial charge is 0.155 e. The number of carbonyl (C=O) groups is 1. The first-order valence-corrected chi connectivity index (χ1v) is 3.57. The Kier molecular flexibility index (Phi) is 5.74. The van der Waals surface area contributed by atoms with Gasteiger partial charge in [-0.2, -0.15) is 0 Å². The Balaban J connectivity index is 3.11. The second-order valence-corrected chi connectivity index (χ2v) is 2.20. The number of carbonyl (C=O) groups excluding carboxylic acids is 1. The molecule has 0 aromatic heterocycles. The lowest BCUT2D eigenvalue weighted by atomic mass is 10.1. The van der Waals surface area contributed by atoms with Crippen molar-refractivity contribution in [3.05, 3.63) is 25.3 Å². The van der Waals surface area contributed by atoms with Crippen LogP contribution in [0.2, 0.25) is 0 Å². The van der Waals surface area contributed by atoms with Crippen molar-refractivity contribution >= 4 is 5.78 Å². The molecule has 0 atom stereocenters. The number of ketones is 1. The van der Waals surface area contributed by atoms with E-state index in [4.69, 9.17) is 0 Å². The first-order chi connectivity index (χ1) is 4.81. The van der Waals surface area contributed by atoms with Crippen molar-refractivity contribution < 1.29 is 4.79 Å². The fourth-order valence-corrected chi connectivity index (χ4v) is 0.690. The molecule has 0 amide bonds. The molecule has 0 bridgehead atoms. The molecule has 0 saturated heterocycles. The van der Waals surface area contributed by atoms with Gasteiger partial charge in [-0.15, -0.1) is 6.58 Å². The van der Waals surface area contributed by atoms with E-state index in [0.717, 1.165) is 19.3 Å². The van der Waals surface area contributed by atoms with E-state index < -0.39 is 0 Å².